The molecule has 1 aliphatic heterocycles. The number of hydrogen-bond donors (Lipinski definition) is 2. The molecule has 0 spiro atoms. The lowest BCUT2D eigenvalue weighted by Crippen LogP contribution is -2.23. The van der Waals surface area contributed by atoms with Crippen LogP contribution in [0.4, 0.5) is 16.3 Å². The van der Waals surface area contributed by atoms with Crippen LogP contribution in [0.3, 0.4) is 0 Å². The van der Waals surface area contributed by atoms with Crippen LogP contribution in [0.15, 0.2) is 30.3 Å². The predicted molar refractivity (Wildman–Crippen MR) is 88.0 cm³/mol. The first-order chi connectivity index (χ1) is 11.7. The minimum absolute atomic E-state index is 0.114. The van der Waals surface area contributed by atoms with Crippen LogP contribution in [0.1, 0.15) is 30.0 Å². The minimum Gasteiger partial charge on any atom is -0.447 e. The van der Waals surface area contributed by atoms with Crippen molar-refractivity contribution in [3.05, 3.63) is 41.6 Å². The van der Waals surface area contributed by atoms with Crippen molar-refractivity contribution in [2.45, 2.75) is 25.2 Å². The van der Waals surface area contributed by atoms with E-state index in [1.54, 1.807) is 4.90 Å². The standard InChI is InChI=1S/C17H18N4O3/c22-16(18-15-10-14(19-20-15)12-3-4-12)9-11-1-5-13(6-2-11)21-7-8-24-17(21)23/h1-2,5-6,10,12H,3-4,7-9H2,(H2,18,19,20,22). The van der Waals surface area contributed by atoms with E-state index in [0.717, 1.165) is 16.9 Å². The molecule has 2 fully saturated rings. The van der Waals surface area contributed by atoms with Crippen molar-refractivity contribution >= 4 is 23.5 Å². The van der Waals surface area contributed by atoms with Crippen LogP contribution < -0.4 is 10.2 Å². The van der Waals surface area contributed by atoms with Gasteiger partial charge in [0.25, 0.3) is 0 Å². The van der Waals surface area contributed by atoms with E-state index in [0.29, 0.717) is 24.9 Å². The number of H-pyrrole nitrogens is 1. The zero-order valence-corrected chi connectivity index (χ0v) is 13.1. The third-order valence-electron chi connectivity index (χ3n) is 4.26. The first-order valence-electron chi connectivity index (χ1n) is 8.07. The van der Waals surface area contributed by atoms with Gasteiger partial charge in [0.1, 0.15) is 6.61 Å². The van der Waals surface area contributed by atoms with Crippen LogP contribution in [0.25, 0.3) is 0 Å². The Bertz CT molecular complexity index is 764. The number of ether oxygens (including phenoxy) is 1. The summed E-state index contributed by atoms with van der Waals surface area (Å²) in [5.41, 5.74) is 2.75. The zero-order chi connectivity index (χ0) is 16.5. The summed E-state index contributed by atoms with van der Waals surface area (Å²) in [4.78, 5) is 25.2. The maximum Gasteiger partial charge on any atom is 0.414 e. The Labute approximate surface area is 139 Å². The fourth-order valence-electron chi connectivity index (χ4n) is 2.80. The lowest BCUT2D eigenvalue weighted by Gasteiger charge is -2.12. The fraction of sp³-hybridized carbons (Fsp3) is 0.353. The number of rotatable bonds is 5. The molecule has 2 N–H and O–H groups in total. The van der Waals surface area contributed by atoms with E-state index in [2.05, 4.69) is 15.5 Å². The molecule has 7 nitrogen and oxygen atoms in total. The zero-order valence-electron chi connectivity index (χ0n) is 13.1. The average Bonchev–Trinajstić information content (AvgIpc) is 3.18. The smallest absolute Gasteiger partial charge is 0.414 e. The van der Waals surface area contributed by atoms with Crippen LogP contribution in [0.5, 0.6) is 0 Å². The molecule has 1 aromatic carbocycles. The summed E-state index contributed by atoms with van der Waals surface area (Å²) in [5.74, 6) is 1.03. The lowest BCUT2D eigenvalue weighted by molar-refractivity contribution is -0.115. The fourth-order valence-corrected chi connectivity index (χ4v) is 2.80. The molecule has 4 rings (SSSR count). The number of carbonyl (C=O) groups excluding carboxylic acids is 2. The molecule has 0 unspecified atom stereocenters. The van der Waals surface area contributed by atoms with Gasteiger partial charge in [-0.2, -0.15) is 5.10 Å². The quantitative estimate of drug-likeness (QED) is 0.883. The summed E-state index contributed by atoms with van der Waals surface area (Å²) in [6.45, 7) is 0.969. The number of aromatic nitrogens is 2. The highest BCUT2D eigenvalue weighted by atomic mass is 16.6. The second kappa shape index (κ2) is 5.99. The van der Waals surface area contributed by atoms with Crippen LogP contribution in [0, 0.1) is 0 Å². The number of cyclic esters (lactones) is 1. The van der Waals surface area contributed by atoms with Crippen LogP contribution in [-0.4, -0.2) is 35.3 Å². The van der Waals surface area contributed by atoms with Gasteiger partial charge in [0.2, 0.25) is 5.91 Å². The van der Waals surface area contributed by atoms with Gasteiger partial charge in [-0.05, 0) is 30.5 Å². The SMILES string of the molecule is O=C(Cc1ccc(N2CCOC2=O)cc1)Nc1cc(C2CC2)[nH]n1. The molecule has 2 heterocycles. The maximum absolute atomic E-state index is 12.1. The lowest BCUT2D eigenvalue weighted by atomic mass is 10.1. The number of aromatic amines is 1. The van der Waals surface area contributed by atoms with Crippen molar-refractivity contribution in [1.29, 1.82) is 0 Å². The molecule has 1 aliphatic carbocycles. The number of anilines is 2. The Balaban J connectivity index is 1.35. The number of nitrogens with one attached hydrogen (secondary N) is 2. The molecule has 0 radical (unpaired) electrons. The third-order valence-corrected chi connectivity index (χ3v) is 4.26. The Morgan fingerprint density at radius 3 is 2.79 bits per heavy atom. The van der Waals surface area contributed by atoms with Crippen molar-refractivity contribution < 1.29 is 14.3 Å². The third kappa shape index (κ3) is 3.10. The van der Waals surface area contributed by atoms with Crippen LogP contribution in [0.2, 0.25) is 0 Å². The maximum atomic E-state index is 12.1. The second-order valence-corrected chi connectivity index (χ2v) is 6.14. The summed E-state index contributed by atoms with van der Waals surface area (Å²) in [6.07, 6.45) is 2.31. The second-order valence-electron chi connectivity index (χ2n) is 6.14. The van der Waals surface area contributed by atoms with Crippen molar-refractivity contribution in [3.8, 4) is 0 Å². The monoisotopic (exact) mass is 326 g/mol. The normalized spacial score (nSPS) is 17.0. The van der Waals surface area contributed by atoms with Gasteiger partial charge >= 0.3 is 6.09 Å². The Hall–Kier alpha value is -2.83. The Kier molecular flexibility index (Phi) is 3.68. The van der Waals surface area contributed by atoms with Gasteiger partial charge in [0, 0.05) is 23.4 Å². The van der Waals surface area contributed by atoms with Gasteiger partial charge in [-0.3, -0.25) is 14.8 Å². The Morgan fingerprint density at radius 1 is 1.33 bits per heavy atom. The molecule has 0 bridgehead atoms. The van der Waals surface area contributed by atoms with E-state index in [1.807, 2.05) is 30.3 Å². The molecule has 0 atom stereocenters. The summed E-state index contributed by atoms with van der Waals surface area (Å²) >= 11 is 0. The highest BCUT2D eigenvalue weighted by molar-refractivity contribution is 5.92. The van der Waals surface area contributed by atoms with Gasteiger partial charge in [-0.1, -0.05) is 12.1 Å². The molecular formula is C17H18N4O3. The molecule has 2 amide bonds. The molecule has 2 aliphatic rings. The molecule has 1 saturated heterocycles. The van der Waals surface area contributed by atoms with Crippen molar-refractivity contribution in [1.82, 2.24) is 10.2 Å². The van der Waals surface area contributed by atoms with Gasteiger partial charge in [0.05, 0.1) is 13.0 Å². The molecule has 1 aromatic heterocycles. The van der Waals surface area contributed by atoms with E-state index in [4.69, 9.17) is 4.74 Å². The van der Waals surface area contributed by atoms with Crippen LogP contribution in [-0.2, 0) is 16.0 Å². The minimum atomic E-state index is -0.328. The molecule has 2 aromatic rings. The highest BCUT2D eigenvalue weighted by Crippen LogP contribution is 2.39. The van der Waals surface area contributed by atoms with Gasteiger partial charge in [-0.25, -0.2) is 4.79 Å². The van der Waals surface area contributed by atoms with Gasteiger partial charge in [0.15, 0.2) is 5.82 Å². The highest BCUT2D eigenvalue weighted by Gasteiger charge is 2.26. The summed E-state index contributed by atoms with van der Waals surface area (Å²) in [5, 5.41) is 9.89. The van der Waals surface area contributed by atoms with Gasteiger partial charge in [-0.15, -0.1) is 0 Å². The van der Waals surface area contributed by atoms with E-state index in [-0.39, 0.29) is 18.4 Å². The number of benzene rings is 1. The number of hydrogen-bond acceptors (Lipinski definition) is 4. The summed E-state index contributed by atoms with van der Waals surface area (Å²) < 4.78 is 4.92. The van der Waals surface area contributed by atoms with Crippen molar-refractivity contribution in [2.24, 2.45) is 0 Å². The van der Waals surface area contributed by atoms with Crippen molar-refractivity contribution in [3.63, 3.8) is 0 Å². The number of carbonyl (C=O) groups is 2. The molecule has 7 heteroatoms. The van der Waals surface area contributed by atoms with E-state index < -0.39 is 0 Å². The van der Waals surface area contributed by atoms with Crippen molar-refractivity contribution in [2.75, 3.05) is 23.4 Å². The predicted octanol–water partition coefficient (Wildman–Crippen LogP) is 2.42. The van der Waals surface area contributed by atoms with Gasteiger partial charge < -0.3 is 10.1 Å². The topological polar surface area (TPSA) is 87.3 Å². The molecule has 1 saturated carbocycles. The average molecular weight is 326 g/mol. The summed E-state index contributed by atoms with van der Waals surface area (Å²) in [7, 11) is 0. The largest absolute Gasteiger partial charge is 0.447 e. The van der Waals surface area contributed by atoms with Crippen LogP contribution >= 0.6 is 0 Å². The first kappa shape index (κ1) is 14.7. The molecular weight excluding hydrogens is 308 g/mol. The summed E-state index contributed by atoms with van der Waals surface area (Å²) in [6, 6.07) is 9.25. The van der Waals surface area contributed by atoms with E-state index >= 15 is 0 Å². The molecule has 124 valence electrons. The Morgan fingerprint density at radius 2 is 2.12 bits per heavy atom. The molecule has 24 heavy (non-hydrogen) atoms. The first-order valence-corrected chi connectivity index (χ1v) is 8.07. The number of amides is 2. The van der Waals surface area contributed by atoms with E-state index in [1.165, 1.54) is 12.8 Å². The number of nitrogens with zero attached hydrogens (tertiary/aromatic N) is 2. The van der Waals surface area contributed by atoms with E-state index in [9.17, 15) is 9.59 Å².